The van der Waals surface area contributed by atoms with Crippen LogP contribution in [0.5, 0.6) is 23.0 Å². The Labute approximate surface area is 141 Å². The molecule has 1 amide bonds. The van der Waals surface area contributed by atoms with Crippen LogP contribution in [0, 0.1) is 0 Å². The molecule has 2 aromatic rings. The Morgan fingerprint density at radius 1 is 0.833 bits per heavy atom. The minimum absolute atomic E-state index is 0.220. The standard InChI is InChI=1S/C18H21NO5/c1-21-14-8-13(9-15(10-14)22-2)18(20)19-11-12-5-6-16(23-3)17(7-12)24-4/h5-10H,11H2,1-4H3,(H,19,20). The zero-order valence-electron chi connectivity index (χ0n) is 14.2. The lowest BCUT2D eigenvalue weighted by molar-refractivity contribution is 0.0950. The van der Waals surface area contributed by atoms with Crippen LogP contribution in [0.25, 0.3) is 0 Å². The molecule has 0 aromatic heterocycles. The molecule has 0 atom stereocenters. The first kappa shape index (κ1) is 17.5. The van der Waals surface area contributed by atoms with E-state index in [0.717, 1.165) is 5.56 Å². The lowest BCUT2D eigenvalue weighted by atomic mass is 10.1. The molecule has 0 bridgehead atoms. The number of hydrogen-bond donors (Lipinski definition) is 1. The first-order chi connectivity index (χ1) is 11.6. The Hall–Kier alpha value is -2.89. The molecule has 0 aliphatic rings. The van der Waals surface area contributed by atoms with Crippen LogP contribution in [0.3, 0.4) is 0 Å². The number of rotatable bonds is 7. The molecule has 6 nitrogen and oxygen atoms in total. The Morgan fingerprint density at radius 2 is 1.46 bits per heavy atom. The van der Waals surface area contributed by atoms with Crippen LogP contribution in [-0.4, -0.2) is 34.3 Å². The van der Waals surface area contributed by atoms with Gasteiger partial charge in [0.15, 0.2) is 11.5 Å². The first-order valence-electron chi connectivity index (χ1n) is 7.33. The molecule has 0 radical (unpaired) electrons. The number of methoxy groups -OCH3 is 4. The zero-order valence-corrected chi connectivity index (χ0v) is 14.2. The lowest BCUT2D eigenvalue weighted by Crippen LogP contribution is -2.22. The van der Waals surface area contributed by atoms with Gasteiger partial charge >= 0.3 is 0 Å². The van der Waals surface area contributed by atoms with Gasteiger partial charge in [-0.2, -0.15) is 0 Å². The molecule has 1 N–H and O–H groups in total. The second-order valence-corrected chi connectivity index (χ2v) is 4.97. The van der Waals surface area contributed by atoms with Crippen molar-refractivity contribution in [2.24, 2.45) is 0 Å². The quantitative estimate of drug-likeness (QED) is 0.845. The van der Waals surface area contributed by atoms with Gasteiger partial charge in [-0.15, -0.1) is 0 Å². The zero-order chi connectivity index (χ0) is 17.5. The predicted molar refractivity (Wildman–Crippen MR) is 90.3 cm³/mol. The van der Waals surface area contributed by atoms with Crippen molar-refractivity contribution in [2.75, 3.05) is 28.4 Å². The predicted octanol–water partition coefficient (Wildman–Crippen LogP) is 2.65. The highest BCUT2D eigenvalue weighted by Crippen LogP contribution is 2.27. The van der Waals surface area contributed by atoms with E-state index in [-0.39, 0.29) is 5.91 Å². The van der Waals surface area contributed by atoms with Crippen molar-refractivity contribution in [3.05, 3.63) is 47.5 Å². The van der Waals surface area contributed by atoms with E-state index in [0.29, 0.717) is 35.1 Å². The summed E-state index contributed by atoms with van der Waals surface area (Å²) in [6.45, 7) is 0.360. The van der Waals surface area contributed by atoms with Gasteiger partial charge < -0.3 is 24.3 Å². The first-order valence-corrected chi connectivity index (χ1v) is 7.33. The fourth-order valence-corrected chi connectivity index (χ4v) is 2.21. The van der Waals surface area contributed by atoms with Gasteiger partial charge in [0.1, 0.15) is 11.5 Å². The molecule has 2 aromatic carbocycles. The monoisotopic (exact) mass is 331 g/mol. The van der Waals surface area contributed by atoms with Crippen LogP contribution >= 0.6 is 0 Å². The van der Waals surface area contributed by atoms with Gasteiger partial charge in [0, 0.05) is 18.2 Å². The van der Waals surface area contributed by atoms with Crippen LogP contribution in [0.1, 0.15) is 15.9 Å². The van der Waals surface area contributed by atoms with Gasteiger partial charge in [-0.1, -0.05) is 6.07 Å². The van der Waals surface area contributed by atoms with Crippen LogP contribution in [0.15, 0.2) is 36.4 Å². The molecule has 24 heavy (non-hydrogen) atoms. The summed E-state index contributed by atoms with van der Waals surface area (Å²) >= 11 is 0. The Kier molecular flexibility index (Phi) is 5.89. The highest BCUT2D eigenvalue weighted by atomic mass is 16.5. The van der Waals surface area contributed by atoms with E-state index in [4.69, 9.17) is 18.9 Å². The van der Waals surface area contributed by atoms with Gasteiger partial charge in [0.05, 0.1) is 28.4 Å². The van der Waals surface area contributed by atoms with Gasteiger partial charge in [-0.25, -0.2) is 0 Å². The summed E-state index contributed by atoms with van der Waals surface area (Å²) in [5.74, 6) is 2.16. The van der Waals surface area contributed by atoms with Crippen molar-refractivity contribution in [3.8, 4) is 23.0 Å². The molecule has 0 heterocycles. The molecule has 2 rings (SSSR count). The lowest BCUT2D eigenvalue weighted by Gasteiger charge is -2.11. The number of carbonyl (C=O) groups excluding carboxylic acids is 1. The number of nitrogens with one attached hydrogen (secondary N) is 1. The van der Waals surface area contributed by atoms with E-state index in [2.05, 4.69) is 5.32 Å². The fraction of sp³-hybridized carbons (Fsp3) is 0.278. The normalized spacial score (nSPS) is 10.0. The molecule has 0 spiro atoms. The second-order valence-electron chi connectivity index (χ2n) is 4.97. The maximum Gasteiger partial charge on any atom is 0.251 e. The van der Waals surface area contributed by atoms with Crippen molar-refractivity contribution < 1.29 is 23.7 Å². The topological polar surface area (TPSA) is 66.0 Å². The molecule has 0 fully saturated rings. The summed E-state index contributed by atoms with van der Waals surface area (Å²) in [7, 11) is 6.23. The third-order valence-electron chi connectivity index (χ3n) is 3.51. The van der Waals surface area contributed by atoms with E-state index in [1.54, 1.807) is 52.7 Å². The molecular formula is C18H21NO5. The Morgan fingerprint density at radius 3 is 2.00 bits per heavy atom. The highest BCUT2D eigenvalue weighted by Gasteiger charge is 2.11. The average Bonchev–Trinajstić information content (AvgIpc) is 2.65. The number of ether oxygens (including phenoxy) is 4. The molecule has 6 heteroatoms. The van der Waals surface area contributed by atoms with E-state index < -0.39 is 0 Å². The number of hydrogen-bond acceptors (Lipinski definition) is 5. The summed E-state index contributed by atoms with van der Waals surface area (Å²) in [6, 6.07) is 10.5. The SMILES string of the molecule is COc1cc(OC)cc(C(=O)NCc2ccc(OC)c(OC)c2)c1. The Balaban J connectivity index is 2.10. The summed E-state index contributed by atoms with van der Waals surface area (Å²) < 4.78 is 20.8. The average molecular weight is 331 g/mol. The van der Waals surface area contributed by atoms with Gasteiger partial charge in [-0.3, -0.25) is 4.79 Å². The molecule has 0 aliphatic heterocycles. The molecule has 0 unspecified atom stereocenters. The van der Waals surface area contributed by atoms with Crippen molar-refractivity contribution >= 4 is 5.91 Å². The smallest absolute Gasteiger partial charge is 0.251 e. The minimum atomic E-state index is -0.220. The number of amides is 1. The summed E-state index contributed by atoms with van der Waals surface area (Å²) in [4.78, 5) is 12.4. The molecular weight excluding hydrogens is 310 g/mol. The van der Waals surface area contributed by atoms with E-state index in [1.807, 2.05) is 12.1 Å². The maximum atomic E-state index is 12.4. The van der Waals surface area contributed by atoms with E-state index >= 15 is 0 Å². The van der Waals surface area contributed by atoms with E-state index in [9.17, 15) is 4.79 Å². The maximum absolute atomic E-state index is 12.4. The largest absolute Gasteiger partial charge is 0.497 e. The van der Waals surface area contributed by atoms with Crippen LogP contribution in [-0.2, 0) is 6.54 Å². The van der Waals surface area contributed by atoms with Crippen molar-refractivity contribution in [2.45, 2.75) is 6.54 Å². The molecule has 0 saturated carbocycles. The third-order valence-corrected chi connectivity index (χ3v) is 3.51. The van der Waals surface area contributed by atoms with Crippen molar-refractivity contribution in [3.63, 3.8) is 0 Å². The second kappa shape index (κ2) is 8.10. The van der Waals surface area contributed by atoms with Crippen LogP contribution in [0.4, 0.5) is 0 Å². The third kappa shape index (κ3) is 4.10. The molecule has 0 saturated heterocycles. The van der Waals surface area contributed by atoms with Crippen LogP contribution in [0.2, 0.25) is 0 Å². The minimum Gasteiger partial charge on any atom is -0.497 e. The summed E-state index contributed by atoms with van der Waals surface area (Å²) in [5.41, 5.74) is 1.36. The summed E-state index contributed by atoms with van der Waals surface area (Å²) in [5, 5.41) is 2.86. The summed E-state index contributed by atoms with van der Waals surface area (Å²) in [6.07, 6.45) is 0. The van der Waals surface area contributed by atoms with Gasteiger partial charge in [0.2, 0.25) is 0 Å². The van der Waals surface area contributed by atoms with Gasteiger partial charge in [0.25, 0.3) is 5.91 Å². The number of carbonyl (C=O) groups is 1. The van der Waals surface area contributed by atoms with Crippen molar-refractivity contribution in [1.82, 2.24) is 5.32 Å². The Bertz CT molecular complexity index is 692. The fourth-order valence-electron chi connectivity index (χ4n) is 2.21. The highest BCUT2D eigenvalue weighted by molar-refractivity contribution is 5.95. The number of benzene rings is 2. The van der Waals surface area contributed by atoms with Crippen LogP contribution < -0.4 is 24.3 Å². The molecule has 0 aliphatic carbocycles. The van der Waals surface area contributed by atoms with E-state index in [1.165, 1.54) is 0 Å². The van der Waals surface area contributed by atoms with Crippen molar-refractivity contribution in [1.29, 1.82) is 0 Å². The van der Waals surface area contributed by atoms with Gasteiger partial charge in [-0.05, 0) is 29.8 Å². The molecule has 128 valence electrons.